The molecule has 2 saturated carbocycles. The van der Waals surface area contributed by atoms with Crippen LogP contribution in [0.3, 0.4) is 0 Å². The number of sulfonamides is 1. The lowest BCUT2D eigenvalue weighted by Crippen LogP contribution is -2.50. The zero-order valence-electron chi connectivity index (χ0n) is 25.4. The fraction of sp³-hybridized carbons (Fsp3) is 0.516. The number of methoxy groups -OCH3 is 1. The molecule has 0 radical (unpaired) electrons. The van der Waals surface area contributed by atoms with Gasteiger partial charge in [-0.25, -0.2) is 13.2 Å². The molecule has 4 amide bonds. The van der Waals surface area contributed by atoms with Crippen molar-refractivity contribution >= 4 is 28.4 Å². The zero-order valence-corrected chi connectivity index (χ0v) is 26.3. The molecular formula is C31H42N6O7S. The van der Waals surface area contributed by atoms with Crippen LogP contribution in [0.5, 0.6) is 5.88 Å². The van der Waals surface area contributed by atoms with Crippen molar-refractivity contribution in [1.82, 2.24) is 30.2 Å². The number of aromatic amines is 1. The van der Waals surface area contributed by atoms with Gasteiger partial charge in [0.05, 0.1) is 18.4 Å². The number of carbonyl (C=O) groups is 3. The molecule has 2 aliphatic carbocycles. The normalized spacial score (nSPS) is 23.8. The molecule has 14 heteroatoms. The summed E-state index contributed by atoms with van der Waals surface area (Å²) in [5.74, 6) is 1.36. The van der Waals surface area contributed by atoms with Gasteiger partial charge in [0.1, 0.15) is 11.9 Å². The molecule has 3 fully saturated rings. The Balaban J connectivity index is 0.000000167. The number of ether oxygens (including phenoxy) is 1. The molecule has 2 unspecified atom stereocenters. The first-order valence-corrected chi connectivity index (χ1v) is 16.9. The third-order valence-corrected chi connectivity index (χ3v) is 9.61. The fourth-order valence-corrected chi connectivity index (χ4v) is 6.18. The first-order chi connectivity index (χ1) is 21.7. The Morgan fingerprint density at radius 3 is 2.53 bits per heavy atom. The van der Waals surface area contributed by atoms with E-state index < -0.39 is 10.0 Å². The number of amides is 4. The van der Waals surface area contributed by atoms with Crippen LogP contribution in [0, 0.1) is 5.92 Å². The molecule has 13 nitrogen and oxygen atoms in total. The minimum absolute atomic E-state index is 0.0263. The smallest absolute Gasteiger partial charge is 0.318 e. The van der Waals surface area contributed by atoms with Crippen LogP contribution in [0.1, 0.15) is 57.8 Å². The van der Waals surface area contributed by atoms with Crippen LogP contribution in [0.4, 0.5) is 4.79 Å². The van der Waals surface area contributed by atoms with Crippen LogP contribution in [0.25, 0.3) is 11.4 Å². The molecule has 4 aliphatic rings. The molecule has 45 heavy (non-hydrogen) atoms. The summed E-state index contributed by atoms with van der Waals surface area (Å²) in [6.07, 6.45) is 13.2. The van der Waals surface area contributed by atoms with Gasteiger partial charge in [0.15, 0.2) is 0 Å². The lowest BCUT2D eigenvalue weighted by Gasteiger charge is -2.24. The lowest BCUT2D eigenvalue weighted by atomic mass is 10.2. The van der Waals surface area contributed by atoms with E-state index in [1.165, 1.54) is 19.6 Å². The van der Waals surface area contributed by atoms with Crippen molar-refractivity contribution in [1.29, 1.82) is 0 Å². The van der Waals surface area contributed by atoms with Crippen molar-refractivity contribution in [2.45, 2.75) is 75.1 Å². The Morgan fingerprint density at radius 2 is 1.82 bits per heavy atom. The highest BCUT2D eigenvalue weighted by Gasteiger charge is 2.40. The summed E-state index contributed by atoms with van der Waals surface area (Å²) in [4.78, 5) is 54.0. The molecule has 3 atom stereocenters. The maximum absolute atomic E-state index is 12.4. The number of urea groups is 1. The van der Waals surface area contributed by atoms with Gasteiger partial charge in [-0.05, 0) is 57.3 Å². The number of rotatable bonds is 5. The number of hydrogen-bond acceptors (Lipinski definition) is 8. The third-order valence-electron chi connectivity index (χ3n) is 7.84. The highest BCUT2D eigenvalue weighted by Crippen LogP contribution is 2.32. The maximum Gasteiger partial charge on any atom is 0.318 e. The second kappa shape index (κ2) is 16.2. The van der Waals surface area contributed by atoms with Crippen molar-refractivity contribution in [3.8, 4) is 17.3 Å². The molecule has 0 spiro atoms. The van der Waals surface area contributed by atoms with Gasteiger partial charge in [0, 0.05) is 24.7 Å². The molecule has 1 saturated heterocycles. The molecular weight excluding hydrogens is 600 g/mol. The van der Waals surface area contributed by atoms with Crippen LogP contribution in [0.15, 0.2) is 53.3 Å². The maximum atomic E-state index is 12.4. The van der Waals surface area contributed by atoms with Crippen molar-refractivity contribution in [3.05, 3.63) is 58.9 Å². The van der Waals surface area contributed by atoms with E-state index in [9.17, 15) is 27.6 Å². The van der Waals surface area contributed by atoms with Crippen molar-refractivity contribution < 1.29 is 27.5 Å². The number of carbonyl (C=O) groups excluding carboxylic acids is 3. The highest BCUT2D eigenvalue weighted by atomic mass is 32.2. The topological polar surface area (TPSA) is 180 Å². The van der Waals surface area contributed by atoms with E-state index >= 15 is 0 Å². The highest BCUT2D eigenvalue weighted by molar-refractivity contribution is 7.90. The van der Waals surface area contributed by atoms with E-state index in [2.05, 4.69) is 32.8 Å². The van der Waals surface area contributed by atoms with E-state index in [1.54, 1.807) is 9.62 Å². The number of benzene rings is 1. The third kappa shape index (κ3) is 10.4. The molecule has 2 aliphatic heterocycles. The Hall–Kier alpha value is -4.20. The van der Waals surface area contributed by atoms with Crippen molar-refractivity contribution in [2.24, 2.45) is 5.92 Å². The van der Waals surface area contributed by atoms with E-state index in [1.807, 2.05) is 30.3 Å². The summed E-state index contributed by atoms with van der Waals surface area (Å²) in [6, 6.07) is 10.7. The predicted molar refractivity (Wildman–Crippen MR) is 169 cm³/mol. The van der Waals surface area contributed by atoms with E-state index in [0.29, 0.717) is 43.6 Å². The second-order valence-electron chi connectivity index (χ2n) is 11.4. The largest absolute Gasteiger partial charge is 0.481 e. The van der Waals surface area contributed by atoms with Crippen LogP contribution < -0.4 is 25.7 Å². The summed E-state index contributed by atoms with van der Waals surface area (Å²) >= 11 is 0. The van der Waals surface area contributed by atoms with Crippen LogP contribution in [-0.2, 0) is 19.6 Å². The molecule has 1 aromatic heterocycles. The van der Waals surface area contributed by atoms with E-state index in [-0.39, 0.29) is 41.2 Å². The van der Waals surface area contributed by atoms with Crippen LogP contribution >= 0.6 is 0 Å². The van der Waals surface area contributed by atoms with Gasteiger partial charge in [0.2, 0.25) is 28.2 Å². The average Bonchev–Trinajstić information content (AvgIpc) is 3.96. The average molecular weight is 643 g/mol. The number of fused-ring (bicyclic) bond motifs is 2. The molecule has 2 aromatic rings. The predicted octanol–water partition coefficient (Wildman–Crippen LogP) is 2.47. The molecule has 6 rings (SSSR count). The zero-order chi connectivity index (χ0) is 32.2. The number of aromatic nitrogens is 2. The first kappa shape index (κ1) is 33.7. The Kier molecular flexibility index (Phi) is 12.1. The minimum atomic E-state index is -3.26. The van der Waals surface area contributed by atoms with Gasteiger partial charge in [-0.3, -0.25) is 19.1 Å². The molecule has 4 N–H and O–H groups in total. The number of hydrogen-bond donors (Lipinski definition) is 4. The standard InChI is InChI=1S/C16H25N3O2.C11H10N2O2.C4H7NO3S/c20-15-14-8-6-10-19(14)16(21)17-9-5-3-1-2-4-7-12-11-13(12)18-15;1-15-10-7-9(14)12-11(13-10)8-5-3-2-4-6-8;6-3-5-9(7,8)4-1-2-4/h4,7,12-14H,1-3,5-6,8-11H2,(H,17,21)(H,18,20);2-7H,1H3,(H,12,13,14);3-4H,1-2H2,(H,5,6)/b7-4-;;/t12-,13?,14?;;/m1../s1. The Morgan fingerprint density at radius 1 is 1.04 bits per heavy atom. The van der Waals surface area contributed by atoms with Crippen molar-refractivity contribution in [2.75, 3.05) is 20.2 Å². The van der Waals surface area contributed by atoms with Gasteiger partial charge >= 0.3 is 6.03 Å². The number of allylic oxidation sites excluding steroid dienone is 1. The SMILES string of the molecule is COc1cc(=O)[nH]c(-c2ccccc2)n1.O=C1NC2C[C@H]2/C=C\CCCCCNC(=O)N2CCCC12.O=CNS(=O)(=O)C1CC1. The van der Waals surface area contributed by atoms with Crippen LogP contribution in [-0.4, -0.2) is 79.2 Å². The summed E-state index contributed by atoms with van der Waals surface area (Å²) in [5, 5.41) is 5.76. The fourth-order valence-electron chi connectivity index (χ4n) is 5.10. The Labute approximate surface area is 263 Å². The number of nitrogens with one attached hydrogen (secondary N) is 4. The van der Waals surface area contributed by atoms with E-state index in [0.717, 1.165) is 44.1 Å². The van der Waals surface area contributed by atoms with Gasteiger partial charge in [0.25, 0.3) is 5.56 Å². The minimum Gasteiger partial charge on any atom is -0.481 e. The number of H-pyrrole nitrogens is 1. The lowest BCUT2D eigenvalue weighted by molar-refractivity contribution is -0.124. The number of nitrogens with zero attached hydrogens (tertiary/aromatic N) is 2. The summed E-state index contributed by atoms with van der Waals surface area (Å²) in [7, 11) is -1.77. The van der Waals surface area contributed by atoms with Crippen LogP contribution in [0.2, 0.25) is 0 Å². The van der Waals surface area contributed by atoms with E-state index in [4.69, 9.17) is 4.74 Å². The monoisotopic (exact) mass is 642 g/mol. The quantitative estimate of drug-likeness (QED) is 0.284. The van der Waals surface area contributed by atoms with Gasteiger partial charge in [-0.2, -0.15) is 4.98 Å². The Bertz CT molecular complexity index is 1490. The molecule has 244 valence electrons. The molecule has 1 aromatic carbocycles. The summed E-state index contributed by atoms with van der Waals surface area (Å²) in [6.45, 7) is 1.40. The molecule has 0 bridgehead atoms. The van der Waals surface area contributed by atoms with Gasteiger partial charge in [-0.1, -0.05) is 48.9 Å². The van der Waals surface area contributed by atoms with Crippen molar-refractivity contribution in [3.63, 3.8) is 0 Å². The second-order valence-corrected chi connectivity index (χ2v) is 13.4. The molecule has 3 heterocycles. The summed E-state index contributed by atoms with van der Waals surface area (Å²) < 4.78 is 28.0. The van der Waals surface area contributed by atoms with Gasteiger partial charge < -0.3 is 25.3 Å². The first-order valence-electron chi connectivity index (χ1n) is 15.4. The van der Waals surface area contributed by atoms with Gasteiger partial charge in [-0.15, -0.1) is 0 Å². The summed E-state index contributed by atoms with van der Waals surface area (Å²) in [5.41, 5.74) is 0.634.